The van der Waals surface area contributed by atoms with Gasteiger partial charge in [-0.3, -0.25) is 4.79 Å². The largest absolute Gasteiger partial charge is 0.322 e. The fraction of sp³-hybridized carbons (Fsp3) is 0.250. The Bertz CT molecular complexity index is 787. The third-order valence-corrected chi connectivity index (χ3v) is 5.97. The van der Waals surface area contributed by atoms with Gasteiger partial charge in [-0.2, -0.15) is 0 Å². The van der Waals surface area contributed by atoms with Gasteiger partial charge >= 0.3 is 0 Å². The van der Waals surface area contributed by atoms with Gasteiger partial charge in [0.25, 0.3) is 5.91 Å². The number of pyridine rings is 1. The molecule has 0 saturated carbocycles. The molecule has 0 aliphatic heterocycles. The Balaban J connectivity index is 2.16. The average molecular weight is 353 g/mol. The summed E-state index contributed by atoms with van der Waals surface area (Å²) in [6, 6.07) is 9.49. The molecule has 5 nitrogen and oxygen atoms in total. The minimum atomic E-state index is -3.45. The van der Waals surface area contributed by atoms with Gasteiger partial charge < -0.3 is 5.32 Å². The summed E-state index contributed by atoms with van der Waals surface area (Å²) in [4.78, 5) is 16.0. The van der Waals surface area contributed by atoms with Gasteiger partial charge in [0.05, 0.1) is 10.8 Å². The summed E-state index contributed by atoms with van der Waals surface area (Å²) in [5.41, 5.74) is 0.874. The first-order chi connectivity index (χ1) is 10.8. The maximum absolute atomic E-state index is 12.2. The first kappa shape index (κ1) is 17.4. The fourth-order valence-electron chi connectivity index (χ4n) is 1.84. The molecule has 7 heteroatoms. The minimum Gasteiger partial charge on any atom is -0.322 e. The number of anilines is 1. The lowest BCUT2D eigenvalue weighted by molar-refractivity contribution is 0.102. The van der Waals surface area contributed by atoms with E-state index in [0.717, 1.165) is 0 Å². The van der Waals surface area contributed by atoms with Crippen LogP contribution in [0.15, 0.2) is 47.6 Å². The van der Waals surface area contributed by atoms with Crippen LogP contribution < -0.4 is 5.32 Å². The van der Waals surface area contributed by atoms with E-state index < -0.39 is 15.1 Å². The number of nitrogens with zero attached hydrogens (tertiary/aromatic N) is 1. The normalized spacial score (nSPS) is 12.7. The third-order valence-electron chi connectivity index (χ3n) is 3.50. The first-order valence-corrected chi connectivity index (χ1v) is 9.04. The molecule has 0 aliphatic carbocycles. The lowest BCUT2D eigenvalue weighted by Crippen LogP contribution is -2.19. The van der Waals surface area contributed by atoms with Crippen molar-refractivity contribution in [3.05, 3.63) is 53.2 Å². The number of hydrogen-bond acceptors (Lipinski definition) is 4. The number of hydrogen-bond donors (Lipinski definition) is 1. The number of carbonyl (C=O) groups excluding carboxylic acids is 1. The number of sulfone groups is 1. The number of amides is 1. The number of benzene rings is 1. The van der Waals surface area contributed by atoms with Crippen LogP contribution in [-0.4, -0.2) is 24.6 Å². The summed E-state index contributed by atoms with van der Waals surface area (Å²) in [5.74, 6) is -0.368. The molecule has 0 bridgehead atoms. The van der Waals surface area contributed by atoms with Crippen LogP contribution in [0.25, 0.3) is 0 Å². The van der Waals surface area contributed by atoms with Crippen LogP contribution in [0.5, 0.6) is 0 Å². The summed E-state index contributed by atoms with van der Waals surface area (Å²) < 4.78 is 24.4. The Morgan fingerprint density at radius 2 is 1.87 bits per heavy atom. The summed E-state index contributed by atoms with van der Waals surface area (Å²) in [7, 11) is -3.45. The quantitative estimate of drug-likeness (QED) is 0.892. The van der Waals surface area contributed by atoms with E-state index in [2.05, 4.69) is 10.3 Å². The van der Waals surface area contributed by atoms with Crippen molar-refractivity contribution in [2.75, 3.05) is 5.32 Å². The molecule has 0 radical (unpaired) electrons. The molecule has 1 aromatic carbocycles. The van der Waals surface area contributed by atoms with E-state index in [-0.39, 0.29) is 16.5 Å². The highest BCUT2D eigenvalue weighted by Crippen LogP contribution is 2.17. The molecule has 2 rings (SSSR count). The monoisotopic (exact) mass is 352 g/mol. The molecule has 122 valence electrons. The van der Waals surface area contributed by atoms with Crippen molar-refractivity contribution in [3.63, 3.8) is 0 Å². The Labute approximate surface area is 140 Å². The first-order valence-electron chi connectivity index (χ1n) is 7.11. The molecule has 23 heavy (non-hydrogen) atoms. The zero-order chi connectivity index (χ0) is 17.0. The Kier molecular flexibility index (Phi) is 5.38. The average Bonchev–Trinajstić information content (AvgIpc) is 2.56. The molecule has 0 fully saturated rings. The standard InChI is InChI=1S/C16H17ClN2O3S/c1-3-11(2)23(21,22)15-9-4-12(10-18-15)16(20)19-14-7-5-13(17)6-8-14/h4-11H,3H2,1-2H3,(H,19,20)/t11-/m0/s1. The highest BCUT2D eigenvalue weighted by Gasteiger charge is 2.23. The molecule has 0 aliphatic rings. The molecule has 1 heterocycles. The van der Waals surface area contributed by atoms with Gasteiger partial charge in [0, 0.05) is 16.9 Å². The van der Waals surface area contributed by atoms with Gasteiger partial charge in [0.15, 0.2) is 14.9 Å². The zero-order valence-corrected chi connectivity index (χ0v) is 14.4. The van der Waals surface area contributed by atoms with E-state index in [4.69, 9.17) is 11.6 Å². The number of carbonyl (C=O) groups is 1. The third kappa shape index (κ3) is 4.09. The molecule has 1 aromatic heterocycles. The number of nitrogens with one attached hydrogen (secondary N) is 1. The van der Waals surface area contributed by atoms with Crippen LogP contribution >= 0.6 is 11.6 Å². The molecule has 1 N–H and O–H groups in total. The topological polar surface area (TPSA) is 76.1 Å². The zero-order valence-electron chi connectivity index (χ0n) is 12.8. The highest BCUT2D eigenvalue weighted by molar-refractivity contribution is 7.92. The molecular formula is C16H17ClN2O3S. The maximum atomic E-state index is 12.2. The predicted molar refractivity (Wildman–Crippen MR) is 90.6 cm³/mol. The van der Waals surface area contributed by atoms with Crippen LogP contribution in [0.2, 0.25) is 5.02 Å². The molecular weight excluding hydrogens is 336 g/mol. The molecule has 1 amide bonds. The van der Waals surface area contributed by atoms with Gasteiger partial charge in [-0.25, -0.2) is 13.4 Å². The highest BCUT2D eigenvalue weighted by atomic mass is 35.5. The Hall–Kier alpha value is -1.92. The lowest BCUT2D eigenvalue weighted by Gasteiger charge is -2.10. The summed E-state index contributed by atoms with van der Waals surface area (Å²) >= 11 is 5.78. The number of aromatic nitrogens is 1. The Morgan fingerprint density at radius 3 is 2.39 bits per heavy atom. The van der Waals surface area contributed by atoms with Crippen molar-refractivity contribution in [1.82, 2.24) is 4.98 Å². The van der Waals surface area contributed by atoms with Gasteiger partial charge in [-0.15, -0.1) is 0 Å². The van der Waals surface area contributed by atoms with Gasteiger partial charge in [0.2, 0.25) is 0 Å². The summed E-state index contributed by atoms with van der Waals surface area (Å²) in [5, 5.41) is 2.73. The van der Waals surface area contributed by atoms with Crippen LogP contribution in [0.1, 0.15) is 30.6 Å². The van der Waals surface area contributed by atoms with Gasteiger partial charge in [-0.1, -0.05) is 18.5 Å². The molecule has 0 unspecified atom stereocenters. The number of halogens is 1. The van der Waals surface area contributed by atoms with Crippen LogP contribution in [0.4, 0.5) is 5.69 Å². The van der Waals surface area contributed by atoms with Crippen molar-refractivity contribution < 1.29 is 13.2 Å². The maximum Gasteiger partial charge on any atom is 0.257 e. The summed E-state index contributed by atoms with van der Waals surface area (Å²) in [6.45, 7) is 3.44. The smallest absolute Gasteiger partial charge is 0.257 e. The van der Waals surface area contributed by atoms with Crippen LogP contribution in [0.3, 0.4) is 0 Å². The molecule has 0 saturated heterocycles. The molecule has 0 spiro atoms. The summed E-state index contributed by atoms with van der Waals surface area (Å²) in [6.07, 6.45) is 1.77. The molecule has 1 atom stereocenters. The fourth-order valence-corrected chi connectivity index (χ4v) is 3.28. The van der Waals surface area contributed by atoms with Crippen LogP contribution in [-0.2, 0) is 9.84 Å². The van der Waals surface area contributed by atoms with Gasteiger partial charge in [0.1, 0.15) is 0 Å². The van der Waals surface area contributed by atoms with Gasteiger partial charge in [-0.05, 0) is 49.7 Å². The predicted octanol–water partition coefficient (Wildman–Crippen LogP) is 3.56. The van der Waals surface area contributed by atoms with E-state index in [0.29, 0.717) is 17.1 Å². The van der Waals surface area contributed by atoms with Crippen molar-refractivity contribution in [1.29, 1.82) is 0 Å². The van der Waals surface area contributed by atoms with E-state index >= 15 is 0 Å². The SMILES string of the molecule is CC[C@H](C)S(=O)(=O)c1ccc(C(=O)Nc2ccc(Cl)cc2)cn1. The van der Waals surface area contributed by atoms with Crippen LogP contribution in [0, 0.1) is 0 Å². The van der Waals surface area contributed by atoms with E-state index in [1.165, 1.54) is 18.3 Å². The lowest BCUT2D eigenvalue weighted by atomic mass is 10.2. The second kappa shape index (κ2) is 7.10. The Morgan fingerprint density at radius 1 is 1.22 bits per heavy atom. The van der Waals surface area contributed by atoms with E-state index in [1.807, 2.05) is 0 Å². The minimum absolute atomic E-state index is 0.0186. The number of rotatable bonds is 5. The van der Waals surface area contributed by atoms with Crippen molar-refractivity contribution >= 4 is 33.0 Å². The van der Waals surface area contributed by atoms with Crippen molar-refractivity contribution in [2.45, 2.75) is 30.5 Å². The van der Waals surface area contributed by atoms with E-state index in [1.54, 1.807) is 38.1 Å². The van der Waals surface area contributed by atoms with E-state index in [9.17, 15) is 13.2 Å². The van der Waals surface area contributed by atoms with Crippen molar-refractivity contribution in [3.8, 4) is 0 Å². The molecule has 2 aromatic rings. The second-order valence-electron chi connectivity index (χ2n) is 5.11. The van der Waals surface area contributed by atoms with Crippen molar-refractivity contribution in [2.24, 2.45) is 0 Å². The second-order valence-corrected chi connectivity index (χ2v) is 7.86.